The van der Waals surface area contributed by atoms with E-state index in [0.29, 0.717) is 13.1 Å². The van der Waals surface area contributed by atoms with Crippen LogP contribution in [0.15, 0.2) is 53.4 Å². The molecule has 3 rings (SSSR count). The van der Waals surface area contributed by atoms with Crippen molar-refractivity contribution in [1.29, 1.82) is 0 Å². The average molecular weight is 335 g/mol. The molecule has 122 valence electrons. The van der Waals surface area contributed by atoms with Crippen molar-refractivity contribution in [2.45, 2.75) is 17.2 Å². The van der Waals surface area contributed by atoms with Crippen LogP contribution in [0.2, 0.25) is 0 Å². The van der Waals surface area contributed by atoms with Crippen molar-refractivity contribution >= 4 is 10.0 Å². The number of halogens is 1. The summed E-state index contributed by atoms with van der Waals surface area (Å²) in [4.78, 5) is -0.254. The topological polar surface area (TPSA) is 46.6 Å². The van der Waals surface area contributed by atoms with Crippen molar-refractivity contribution in [3.8, 4) is 5.75 Å². The van der Waals surface area contributed by atoms with Gasteiger partial charge in [-0.2, -0.15) is 4.31 Å². The molecular weight excluding hydrogens is 317 g/mol. The lowest BCUT2D eigenvalue weighted by Crippen LogP contribution is -2.29. The number of benzene rings is 2. The summed E-state index contributed by atoms with van der Waals surface area (Å²) in [5.74, 6) is 0.172. The Morgan fingerprint density at radius 1 is 1.13 bits per heavy atom. The quantitative estimate of drug-likeness (QED) is 0.863. The predicted molar refractivity (Wildman–Crippen MR) is 85.5 cm³/mol. The fraction of sp³-hybridized carbons (Fsp3) is 0.294. The summed E-state index contributed by atoms with van der Waals surface area (Å²) in [6.07, 6.45) is 0.722. The molecule has 6 heteroatoms. The largest absolute Gasteiger partial charge is 0.497 e. The van der Waals surface area contributed by atoms with E-state index in [1.54, 1.807) is 7.11 Å². The first-order valence-electron chi connectivity index (χ1n) is 7.41. The van der Waals surface area contributed by atoms with Crippen LogP contribution in [0.3, 0.4) is 0 Å². The van der Waals surface area contributed by atoms with Gasteiger partial charge in [-0.3, -0.25) is 0 Å². The predicted octanol–water partition coefficient (Wildman–Crippen LogP) is 3.01. The molecule has 0 amide bonds. The first-order valence-corrected chi connectivity index (χ1v) is 8.85. The van der Waals surface area contributed by atoms with Crippen LogP contribution in [0.4, 0.5) is 4.39 Å². The Kier molecular flexibility index (Phi) is 4.37. The highest BCUT2D eigenvalue weighted by Gasteiger charge is 2.34. The van der Waals surface area contributed by atoms with Gasteiger partial charge in [0.15, 0.2) is 0 Å². The van der Waals surface area contributed by atoms with Gasteiger partial charge in [0.2, 0.25) is 10.0 Å². The molecule has 0 saturated carbocycles. The third kappa shape index (κ3) is 3.09. The Labute approximate surface area is 135 Å². The van der Waals surface area contributed by atoms with Gasteiger partial charge in [-0.05, 0) is 42.2 Å². The molecule has 0 aliphatic carbocycles. The summed E-state index contributed by atoms with van der Waals surface area (Å²) in [6, 6.07) is 13.1. The number of ether oxygens (including phenoxy) is 1. The van der Waals surface area contributed by atoms with Gasteiger partial charge in [-0.15, -0.1) is 0 Å². The van der Waals surface area contributed by atoms with Crippen molar-refractivity contribution < 1.29 is 17.5 Å². The molecule has 0 bridgehead atoms. The van der Waals surface area contributed by atoms with Crippen molar-refractivity contribution in [2.24, 2.45) is 0 Å². The molecule has 1 atom stereocenters. The first kappa shape index (κ1) is 16.0. The molecule has 2 aromatic carbocycles. The molecule has 0 aromatic heterocycles. The molecule has 1 aliphatic heterocycles. The molecule has 1 unspecified atom stereocenters. The highest BCUT2D eigenvalue weighted by Crippen LogP contribution is 2.32. The van der Waals surface area contributed by atoms with Gasteiger partial charge in [-0.25, -0.2) is 12.8 Å². The molecule has 1 aliphatic rings. The van der Waals surface area contributed by atoms with Crippen LogP contribution < -0.4 is 4.74 Å². The Balaban J connectivity index is 1.80. The van der Waals surface area contributed by atoms with E-state index in [9.17, 15) is 12.8 Å². The smallest absolute Gasteiger partial charge is 0.246 e. The Morgan fingerprint density at radius 3 is 2.48 bits per heavy atom. The number of rotatable bonds is 4. The van der Waals surface area contributed by atoms with E-state index < -0.39 is 15.8 Å². The minimum atomic E-state index is -3.79. The van der Waals surface area contributed by atoms with Gasteiger partial charge in [0, 0.05) is 13.1 Å². The molecule has 2 aromatic rings. The van der Waals surface area contributed by atoms with Gasteiger partial charge >= 0.3 is 0 Å². The first-order chi connectivity index (χ1) is 11.0. The van der Waals surface area contributed by atoms with Gasteiger partial charge in [0.1, 0.15) is 16.5 Å². The summed E-state index contributed by atoms with van der Waals surface area (Å²) < 4.78 is 45.5. The van der Waals surface area contributed by atoms with Gasteiger partial charge in [0.05, 0.1) is 7.11 Å². The average Bonchev–Trinajstić information content (AvgIpc) is 3.06. The molecular formula is C17H18FNO3S. The SMILES string of the molecule is COc1ccc(C2CCN(S(=O)(=O)c3ccccc3F)C2)cc1. The highest BCUT2D eigenvalue weighted by molar-refractivity contribution is 7.89. The molecule has 1 fully saturated rings. The number of nitrogens with zero attached hydrogens (tertiary/aromatic N) is 1. The van der Waals surface area contributed by atoms with Crippen LogP contribution in [0.25, 0.3) is 0 Å². The standard InChI is InChI=1S/C17H18FNO3S/c1-22-15-8-6-13(7-9-15)14-10-11-19(12-14)23(20,21)17-5-3-2-4-16(17)18/h2-9,14H,10-12H2,1H3. The highest BCUT2D eigenvalue weighted by atomic mass is 32.2. The fourth-order valence-electron chi connectivity index (χ4n) is 2.89. The zero-order valence-corrected chi connectivity index (χ0v) is 13.6. The summed E-state index contributed by atoms with van der Waals surface area (Å²) in [5.41, 5.74) is 1.07. The number of hydrogen-bond donors (Lipinski definition) is 0. The third-order valence-corrected chi connectivity index (χ3v) is 6.09. The van der Waals surface area contributed by atoms with Crippen LogP contribution in [-0.2, 0) is 10.0 Å². The van der Waals surface area contributed by atoms with E-state index in [-0.39, 0.29) is 10.8 Å². The maximum atomic E-state index is 13.8. The lowest BCUT2D eigenvalue weighted by atomic mass is 9.99. The van der Waals surface area contributed by atoms with Crippen LogP contribution in [0, 0.1) is 5.82 Å². The summed E-state index contributed by atoms with van der Waals surface area (Å²) in [6.45, 7) is 0.760. The Morgan fingerprint density at radius 2 is 1.83 bits per heavy atom. The fourth-order valence-corrected chi connectivity index (χ4v) is 4.45. The number of methoxy groups -OCH3 is 1. The minimum Gasteiger partial charge on any atom is -0.497 e. The Hall–Kier alpha value is -1.92. The lowest BCUT2D eigenvalue weighted by molar-refractivity contribution is 0.414. The van der Waals surface area contributed by atoms with E-state index in [0.717, 1.165) is 17.7 Å². The maximum absolute atomic E-state index is 13.8. The molecule has 1 heterocycles. The maximum Gasteiger partial charge on any atom is 0.246 e. The molecule has 0 N–H and O–H groups in total. The number of sulfonamides is 1. The van der Waals surface area contributed by atoms with E-state index in [1.807, 2.05) is 24.3 Å². The zero-order chi connectivity index (χ0) is 16.4. The normalized spacial score (nSPS) is 19.0. The summed E-state index contributed by atoms with van der Waals surface area (Å²) >= 11 is 0. The van der Waals surface area contributed by atoms with Gasteiger partial charge in [0.25, 0.3) is 0 Å². The second kappa shape index (κ2) is 6.29. The second-order valence-corrected chi connectivity index (χ2v) is 7.46. The minimum absolute atomic E-state index is 0.113. The molecule has 1 saturated heterocycles. The van der Waals surface area contributed by atoms with E-state index in [1.165, 1.54) is 28.6 Å². The summed E-state index contributed by atoms with van der Waals surface area (Å²) in [5, 5.41) is 0. The van der Waals surface area contributed by atoms with E-state index in [4.69, 9.17) is 4.74 Å². The molecule has 0 spiro atoms. The van der Waals surface area contributed by atoms with E-state index in [2.05, 4.69) is 0 Å². The monoisotopic (exact) mass is 335 g/mol. The van der Waals surface area contributed by atoms with Crippen molar-refractivity contribution in [3.05, 3.63) is 59.9 Å². The second-order valence-electron chi connectivity index (χ2n) is 5.55. The zero-order valence-electron chi connectivity index (χ0n) is 12.8. The van der Waals surface area contributed by atoms with Crippen LogP contribution in [0.1, 0.15) is 17.9 Å². The van der Waals surface area contributed by atoms with Gasteiger partial charge < -0.3 is 4.74 Å². The van der Waals surface area contributed by atoms with Crippen molar-refractivity contribution in [1.82, 2.24) is 4.31 Å². The molecule has 4 nitrogen and oxygen atoms in total. The van der Waals surface area contributed by atoms with Crippen LogP contribution in [-0.4, -0.2) is 32.9 Å². The van der Waals surface area contributed by atoms with Crippen molar-refractivity contribution in [3.63, 3.8) is 0 Å². The molecule has 0 radical (unpaired) electrons. The van der Waals surface area contributed by atoms with Crippen LogP contribution in [0.5, 0.6) is 5.75 Å². The Bertz CT molecular complexity index is 790. The third-order valence-electron chi connectivity index (χ3n) is 4.19. The van der Waals surface area contributed by atoms with E-state index >= 15 is 0 Å². The lowest BCUT2D eigenvalue weighted by Gasteiger charge is -2.17. The van der Waals surface area contributed by atoms with Crippen LogP contribution >= 0.6 is 0 Å². The molecule has 23 heavy (non-hydrogen) atoms. The van der Waals surface area contributed by atoms with Crippen molar-refractivity contribution in [2.75, 3.05) is 20.2 Å². The van der Waals surface area contributed by atoms with Gasteiger partial charge in [-0.1, -0.05) is 24.3 Å². The summed E-state index contributed by atoms with van der Waals surface area (Å²) in [7, 11) is -2.19. The number of hydrogen-bond acceptors (Lipinski definition) is 3.